The second kappa shape index (κ2) is 5.03. The normalized spacial score (nSPS) is 10.6. The van der Waals surface area contributed by atoms with Crippen molar-refractivity contribution in [3.05, 3.63) is 60.2 Å². The van der Waals surface area contributed by atoms with Gasteiger partial charge in [-0.2, -0.15) is 5.11 Å². The minimum atomic E-state index is -1.01. The lowest BCUT2D eigenvalue weighted by molar-refractivity contribution is 0.0698. The summed E-state index contributed by atoms with van der Waals surface area (Å²) in [7, 11) is 0. The Hall–Kier alpha value is -2.49. The Bertz CT molecular complexity index is 550. The van der Waals surface area contributed by atoms with Crippen molar-refractivity contribution in [3.63, 3.8) is 0 Å². The zero-order chi connectivity index (χ0) is 12.1. The van der Waals surface area contributed by atoms with Crippen LogP contribution in [0.1, 0.15) is 10.4 Å². The molecule has 17 heavy (non-hydrogen) atoms. The molecule has 4 heteroatoms. The Labute approximate surface area is 98.3 Å². The molecule has 0 amide bonds. The average Bonchev–Trinajstić information content (AvgIpc) is 2.38. The largest absolute Gasteiger partial charge is 0.478 e. The monoisotopic (exact) mass is 226 g/mol. The van der Waals surface area contributed by atoms with Gasteiger partial charge in [-0.25, -0.2) is 4.79 Å². The average molecular weight is 226 g/mol. The van der Waals surface area contributed by atoms with Gasteiger partial charge in [0.05, 0.1) is 11.3 Å². The first-order valence-electron chi connectivity index (χ1n) is 5.06. The van der Waals surface area contributed by atoms with Crippen molar-refractivity contribution in [3.8, 4) is 0 Å². The second-order valence-electron chi connectivity index (χ2n) is 3.36. The molecule has 0 fully saturated rings. The maximum absolute atomic E-state index is 10.9. The van der Waals surface area contributed by atoms with Crippen LogP contribution >= 0.6 is 0 Å². The number of aromatic carboxylic acids is 1. The third-order valence-corrected chi connectivity index (χ3v) is 2.16. The molecule has 2 aromatic carbocycles. The van der Waals surface area contributed by atoms with Crippen molar-refractivity contribution in [1.29, 1.82) is 0 Å². The third-order valence-electron chi connectivity index (χ3n) is 2.16. The Morgan fingerprint density at radius 3 is 2.24 bits per heavy atom. The summed E-state index contributed by atoms with van der Waals surface area (Å²) in [6, 6.07) is 15.7. The lowest BCUT2D eigenvalue weighted by Crippen LogP contribution is -1.95. The first-order chi connectivity index (χ1) is 8.27. The summed E-state index contributed by atoms with van der Waals surface area (Å²) in [6.45, 7) is 0. The third kappa shape index (κ3) is 2.75. The highest BCUT2D eigenvalue weighted by Gasteiger charge is 2.07. The lowest BCUT2D eigenvalue weighted by atomic mass is 10.2. The fourth-order valence-electron chi connectivity index (χ4n) is 1.35. The maximum atomic E-state index is 10.9. The first kappa shape index (κ1) is 11.0. The van der Waals surface area contributed by atoms with E-state index in [9.17, 15) is 4.79 Å². The summed E-state index contributed by atoms with van der Waals surface area (Å²) in [6.07, 6.45) is 0. The van der Waals surface area contributed by atoms with E-state index < -0.39 is 5.97 Å². The summed E-state index contributed by atoms with van der Waals surface area (Å²) in [5, 5.41) is 16.9. The summed E-state index contributed by atoms with van der Waals surface area (Å²) < 4.78 is 0. The van der Waals surface area contributed by atoms with Crippen LogP contribution in [-0.2, 0) is 0 Å². The Morgan fingerprint density at radius 2 is 1.53 bits per heavy atom. The predicted molar refractivity (Wildman–Crippen MR) is 64.0 cm³/mol. The van der Waals surface area contributed by atoms with Crippen molar-refractivity contribution in [2.75, 3.05) is 0 Å². The fourth-order valence-corrected chi connectivity index (χ4v) is 1.35. The molecule has 0 saturated carbocycles. The van der Waals surface area contributed by atoms with Gasteiger partial charge in [0, 0.05) is 0 Å². The van der Waals surface area contributed by atoms with E-state index in [2.05, 4.69) is 10.2 Å². The number of azo groups is 1. The van der Waals surface area contributed by atoms with Crippen molar-refractivity contribution >= 4 is 17.3 Å². The number of carbonyl (C=O) groups is 1. The van der Waals surface area contributed by atoms with Gasteiger partial charge in [-0.3, -0.25) is 0 Å². The van der Waals surface area contributed by atoms with Crippen LogP contribution in [0.2, 0.25) is 0 Å². The highest BCUT2D eigenvalue weighted by molar-refractivity contribution is 5.93. The highest BCUT2D eigenvalue weighted by atomic mass is 16.4. The Balaban J connectivity index is 2.30. The number of nitrogens with zero attached hydrogens (tertiary/aromatic N) is 2. The summed E-state index contributed by atoms with van der Waals surface area (Å²) >= 11 is 0. The van der Waals surface area contributed by atoms with Crippen LogP contribution in [0.25, 0.3) is 0 Å². The molecule has 2 aromatic rings. The Morgan fingerprint density at radius 1 is 0.882 bits per heavy atom. The van der Waals surface area contributed by atoms with Gasteiger partial charge in [0.2, 0.25) is 0 Å². The van der Waals surface area contributed by atoms with Crippen LogP contribution in [0.15, 0.2) is 64.8 Å². The van der Waals surface area contributed by atoms with Crippen LogP contribution in [0.3, 0.4) is 0 Å². The molecule has 0 radical (unpaired) electrons. The first-order valence-corrected chi connectivity index (χ1v) is 5.06. The zero-order valence-electron chi connectivity index (χ0n) is 8.95. The molecule has 0 heterocycles. The number of carboxylic acid groups (broad SMARTS) is 1. The van der Waals surface area contributed by atoms with Crippen LogP contribution in [0.4, 0.5) is 11.4 Å². The van der Waals surface area contributed by atoms with E-state index in [0.717, 1.165) is 0 Å². The van der Waals surface area contributed by atoms with Gasteiger partial charge in [-0.05, 0) is 24.3 Å². The molecular weight excluding hydrogens is 216 g/mol. The Kier molecular flexibility index (Phi) is 3.25. The summed E-state index contributed by atoms with van der Waals surface area (Å²) in [5.41, 5.74) is 1.18. The van der Waals surface area contributed by atoms with E-state index in [4.69, 9.17) is 5.11 Å². The van der Waals surface area contributed by atoms with Gasteiger partial charge in [-0.15, -0.1) is 5.11 Å². The SMILES string of the molecule is O=C(O)c1ccccc1N=Nc1ccccc1. The van der Waals surface area contributed by atoms with Crippen molar-refractivity contribution in [2.45, 2.75) is 0 Å². The van der Waals surface area contributed by atoms with Crippen LogP contribution in [-0.4, -0.2) is 11.1 Å². The molecule has 1 N–H and O–H groups in total. The van der Waals surface area contributed by atoms with E-state index >= 15 is 0 Å². The number of hydrogen-bond acceptors (Lipinski definition) is 3. The molecule has 0 aliphatic heterocycles. The number of carboxylic acids is 1. The van der Waals surface area contributed by atoms with Gasteiger partial charge in [0.15, 0.2) is 0 Å². The van der Waals surface area contributed by atoms with Gasteiger partial charge < -0.3 is 5.11 Å². The second-order valence-corrected chi connectivity index (χ2v) is 3.36. The molecule has 0 bridgehead atoms. The summed E-state index contributed by atoms with van der Waals surface area (Å²) in [4.78, 5) is 10.9. The van der Waals surface area contributed by atoms with Gasteiger partial charge in [-0.1, -0.05) is 30.3 Å². The molecule has 0 saturated heterocycles. The van der Waals surface area contributed by atoms with E-state index in [0.29, 0.717) is 11.4 Å². The van der Waals surface area contributed by atoms with Crippen molar-refractivity contribution in [1.82, 2.24) is 0 Å². The molecule has 0 spiro atoms. The minimum absolute atomic E-state index is 0.146. The molecule has 0 unspecified atom stereocenters. The number of rotatable bonds is 3. The fraction of sp³-hybridized carbons (Fsp3) is 0. The number of hydrogen-bond donors (Lipinski definition) is 1. The standard InChI is InChI=1S/C13H10N2O2/c16-13(17)11-8-4-5-9-12(11)15-14-10-6-2-1-3-7-10/h1-9H,(H,16,17). The van der Waals surface area contributed by atoms with Crippen molar-refractivity contribution in [2.24, 2.45) is 10.2 Å². The smallest absolute Gasteiger partial charge is 0.337 e. The van der Waals surface area contributed by atoms with E-state index in [1.165, 1.54) is 6.07 Å². The molecule has 84 valence electrons. The topological polar surface area (TPSA) is 62.0 Å². The molecule has 0 atom stereocenters. The van der Waals surface area contributed by atoms with Gasteiger partial charge >= 0.3 is 5.97 Å². The van der Waals surface area contributed by atoms with E-state index in [-0.39, 0.29) is 5.56 Å². The van der Waals surface area contributed by atoms with E-state index in [1.807, 2.05) is 18.2 Å². The van der Waals surface area contributed by atoms with E-state index in [1.54, 1.807) is 30.3 Å². The minimum Gasteiger partial charge on any atom is -0.478 e. The molecule has 0 aromatic heterocycles. The molecule has 0 aliphatic carbocycles. The predicted octanol–water partition coefficient (Wildman–Crippen LogP) is 3.80. The molecular formula is C13H10N2O2. The van der Waals surface area contributed by atoms with Crippen molar-refractivity contribution < 1.29 is 9.90 Å². The quantitative estimate of drug-likeness (QED) is 0.809. The molecule has 4 nitrogen and oxygen atoms in total. The molecule has 2 rings (SSSR count). The number of benzene rings is 2. The van der Waals surface area contributed by atoms with Crippen LogP contribution in [0, 0.1) is 0 Å². The zero-order valence-corrected chi connectivity index (χ0v) is 8.95. The highest BCUT2D eigenvalue weighted by Crippen LogP contribution is 2.21. The van der Waals surface area contributed by atoms with Crippen LogP contribution in [0.5, 0.6) is 0 Å². The van der Waals surface area contributed by atoms with Gasteiger partial charge in [0.1, 0.15) is 5.69 Å². The van der Waals surface area contributed by atoms with Crippen LogP contribution < -0.4 is 0 Å². The lowest BCUT2D eigenvalue weighted by Gasteiger charge is -1.98. The molecule has 0 aliphatic rings. The van der Waals surface area contributed by atoms with Gasteiger partial charge in [0.25, 0.3) is 0 Å². The summed E-state index contributed by atoms with van der Waals surface area (Å²) in [5.74, 6) is -1.01. The maximum Gasteiger partial charge on any atom is 0.337 e.